The Labute approximate surface area is 252 Å². The van der Waals surface area contributed by atoms with Crippen molar-refractivity contribution in [2.24, 2.45) is 0 Å². The zero-order chi connectivity index (χ0) is 29.7. The third-order valence-corrected chi connectivity index (χ3v) is 9.49. The maximum atomic E-state index is 15.1. The van der Waals surface area contributed by atoms with Crippen LogP contribution in [0.4, 0.5) is 5.13 Å². The van der Waals surface area contributed by atoms with Crippen LogP contribution in [0.15, 0.2) is 91.0 Å². The average Bonchev–Trinajstić information content (AvgIpc) is 3.51. The summed E-state index contributed by atoms with van der Waals surface area (Å²) in [5.41, 5.74) is 2.06. The first-order chi connectivity index (χ1) is 20.3. The van der Waals surface area contributed by atoms with Gasteiger partial charge in [0.1, 0.15) is 21.5 Å². The van der Waals surface area contributed by atoms with Crippen LogP contribution in [0, 0.1) is 13.8 Å². The van der Waals surface area contributed by atoms with E-state index in [9.17, 15) is 4.79 Å². The fraction of sp³-hybridized carbons (Fsp3) is 0.167. The van der Waals surface area contributed by atoms with Gasteiger partial charge < -0.3 is 19.1 Å². The van der Waals surface area contributed by atoms with E-state index in [4.69, 9.17) is 25.4 Å². The molecule has 0 amide bonds. The van der Waals surface area contributed by atoms with Crippen molar-refractivity contribution in [1.29, 1.82) is 0 Å². The number of esters is 1. The number of hydrogen-bond donors (Lipinski definition) is 1. The van der Waals surface area contributed by atoms with E-state index in [1.165, 1.54) is 0 Å². The minimum atomic E-state index is -4.23. The molecule has 1 unspecified atom stereocenters. The molecule has 0 aliphatic heterocycles. The van der Waals surface area contributed by atoms with Crippen LogP contribution in [0.25, 0.3) is 5.69 Å². The van der Waals surface area contributed by atoms with Crippen LogP contribution in [0.3, 0.4) is 0 Å². The Kier molecular flexibility index (Phi) is 8.97. The average molecular weight is 623 g/mol. The van der Waals surface area contributed by atoms with Gasteiger partial charge in [-0.25, -0.2) is 19.0 Å². The summed E-state index contributed by atoms with van der Waals surface area (Å²) in [6, 6.07) is 26.8. The Morgan fingerprint density at radius 3 is 2.02 bits per heavy atom. The number of anilines is 1. The number of nitrogens with one attached hydrogen (secondary N) is 1. The summed E-state index contributed by atoms with van der Waals surface area (Å²) in [4.78, 5) is 17.4. The minimum Gasteiger partial charge on any atom is -0.462 e. The molecule has 5 rings (SSSR count). The van der Waals surface area contributed by atoms with E-state index in [-0.39, 0.29) is 11.8 Å². The number of aromatic nitrogens is 3. The molecule has 1 N–H and O–H groups in total. The smallest absolute Gasteiger partial charge is 0.457 e. The molecule has 0 saturated heterocycles. The molecule has 0 fully saturated rings. The van der Waals surface area contributed by atoms with E-state index in [0.717, 1.165) is 11.3 Å². The zero-order valence-corrected chi connectivity index (χ0v) is 25.5. The molecule has 0 saturated carbocycles. The van der Waals surface area contributed by atoms with Crippen molar-refractivity contribution < 1.29 is 23.1 Å². The van der Waals surface area contributed by atoms with Gasteiger partial charge in [0.15, 0.2) is 10.9 Å². The number of hydrogen-bond acceptors (Lipinski definition) is 9. The van der Waals surface area contributed by atoms with Crippen LogP contribution < -0.4 is 14.4 Å². The van der Waals surface area contributed by atoms with Gasteiger partial charge in [-0.15, -0.1) is 0 Å². The molecule has 1 atom stereocenters. The molecule has 0 aliphatic rings. The lowest BCUT2D eigenvalue weighted by atomic mass is 10.2. The molecule has 9 nitrogen and oxygen atoms in total. The first-order valence-corrected chi connectivity index (χ1v) is 15.9. The van der Waals surface area contributed by atoms with Gasteiger partial charge in [-0.05, 0) is 57.2 Å². The van der Waals surface area contributed by atoms with Crippen molar-refractivity contribution in [3.8, 4) is 17.2 Å². The third-order valence-electron chi connectivity index (χ3n) is 6.11. The number of carbonyl (C=O) groups excluding carboxylic acids is 1. The predicted octanol–water partition coefficient (Wildman–Crippen LogP) is 8.24. The molecule has 216 valence electrons. The maximum Gasteiger partial charge on any atom is 0.457 e. The lowest BCUT2D eigenvalue weighted by Crippen LogP contribution is -2.19. The Hall–Kier alpha value is -4.11. The van der Waals surface area contributed by atoms with Gasteiger partial charge >= 0.3 is 13.6 Å². The third kappa shape index (κ3) is 6.36. The van der Waals surface area contributed by atoms with Crippen molar-refractivity contribution in [2.45, 2.75) is 26.6 Å². The molecule has 3 aromatic carbocycles. The van der Waals surface area contributed by atoms with Crippen LogP contribution in [0.5, 0.6) is 11.5 Å². The van der Waals surface area contributed by atoms with E-state index in [2.05, 4.69) is 15.4 Å². The number of aryl methyl sites for hydroxylation is 2. The number of nitrogens with zero attached hydrogens (tertiary/aromatic N) is 3. The van der Waals surface area contributed by atoms with Crippen molar-refractivity contribution in [2.75, 3.05) is 11.9 Å². The highest BCUT2D eigenvalue weighted by molar-refractivity contribution is 7.55. The van der Waals surface area contributed by atoms with Gasteiger partial charge in [-0.3, -0.25) is 0 Å². The molecule has 42 heavy (non-hydrogen) atoms. The number of carbonyl (C=O) groups is 1. The fourth-order valence-electron chi connectivity index (χ4n) is 4.21. The summed E-state index contributed by atoms with van der Waals surface area (Å²) in [5, 5.41) is 8.41. The lowest BCUT2D eigenvalue weighted by molar-refractivity contribution is 0.0531. The minimum absolute atomic E-state index is 0.212. The van der Waals surface area contributed by atoms with E-state index in [0.29, 0.717) is 44.1 Å². The zero-order valence-electron chi connectivity index (χ0n) is 23.1. The van der Waals surface area contributed by atoms with Crippen molar-refractivity contribution in [3.63, 3.8) is 0 Å². The number of benzene rings is 3. The molecule has 0 aliphatic carbocycles. The molecular weight excluding hydrogens is 595 g/mol. The van der Waals surface area contributed by atoms with Crippen molar-refractivity contribution in [1.82, 2.24) is 14.8 Å². The van der Waals surface area contributed by atoms with Gasteiger partial charge in [0.2, 0.25) is 0 Å². The van der Waals surface area contributed by atoms with Crippen LogP contribution in [-0.4, -0.2) is 27.3 Å². The standard InChI is InChI=1S/C30H28ClN4O5PS/c1-4-38-29(36)26-21(3)32-30(42-26)33-28(25-20(2)34-35(27(25)31)22-14-8-5-9-15-22)41(37,39-23-16-10-6-11-17-23)40-24-18-12-7-13-19-24/h5-19,28H,4H2,1-3H3,(H,32,33). The van der Waals surface area contributed by atoms with E-state index < -0.39 is 19.3 Å². The molecular formula is C30H28ClN4O5PS. The molecule has 0 spiro atoms. The number of para-hydroxylation sites is 3. The predicted molar refractivity (Wildman–Crippen MR) is 164 cm³/mol. The highest BCUT2D eigenvalue weighted by atomic mass is 35.5. The Morgan fingerprint density at radius 1 is 0.929 bits per heavy atom. The van der Waals surface area contributed by atoms with Crippen molar-refractivity contribution >= 4 is 41.6 Å². The van der Waals surface area contributed by atoms with Gasteiger partial charge in [-0.1, -0.05) is 77.5 Å². The van der Waals surface area contributed by atoms with Crippen LogP contribution in [0.1, 0.15) is 39.3 Å². The Morgan fingerprint density at radius 2 is 1.48 bits per heavy atom. The summed E-state index contributed by atoms with van der Waals surface area (Å²) in [6.45, 7) is 5.42. The van der Waals surface area contributed by atoms with Crippen LogP contribution in [-0.2, 0) is 9.30 Å². The van der Waals surface area contributed by atoms with E-state index in [1.54, 1.807) is 74.0 Å². The highest BCUT2D eigenvalue weighted by Gasteiger charge is 2.45. The second-order valence-corrected chi connectivity index (χ2v) is 12.4. The normalized spacial score (nSPS) is 12.0. The van der Waals surface area contributed by atoms with Gasteiger partial charge in [0.25, 0.3) is 0 Å². The largest absolute Gasteiger partial charge is 0.462 e. The molecule has 12 heteroatoms. The quantitative estimate of drug-likeness (QED) is 0.116. The second kappa shape index (κ2) is 12.8. The van der Waals surface area contributed by atoms with Gasteiger partial charge in [0.05, 0.1) is 23.7 Å². The van der Waals surface area contributed by atoms with Gasteiger partial charge in [-0.2, -0.15) is 5.10 Å². The molecule has 2 heterocycles. The van der Waals surface area contributed by atoms with Crippen LogP contribution >= 0.6 is 30.5 Å². The SMILES string of the molecule is CCOC(=O)c1sc(NC(c2c(C)nn(-c3ccccc3)c2Cl)P(=O)(Oc2ccccc2)Oc2ccccc2)nc1C. The molecule has 5 aromatic rings. The molecule has 0 bridgehead atoms. The summed E-state index contributed by atoms with van der Waals surface area (Å²) in [5.74, 6) is -1.03. The maximum absolute atomic E-state index is 15.1. The number of ether oxygens (including phenoxy) is 1. The topological polar surface area (TPSA) is 105 Å². The summed E-state index contributed by atoms with van der Waals surface area (Å²) >= 11 is 8.08. The number of thiazole rings is 1. The second-order valence-electron chi connectivity index (χ2n) is 9.09. The number of halogens is 1. The first kappa shape index (κ1) is 29.4. The summed E-state index contributed by atoms with van der Waals surface area (Å²) < 4.78 is 34.3. The van der Waals surface area contributed by atoms with E-state index >= 15 is 4.57 Å². The van der Waals surface area contributed by atoms with Crippen LogP contribution in [0.2, 0.25) is 5.15 Å². The van der Waals surface area contributed by atoms with E-state index in [1.807, 2.05) is 42.5 Å². The Bertz CT molecular complexity index is 1670. The highest BCUT2D eigenvalue weighted by Crippen LogP contribution is 2.61. The first-order valence-electron chi connectivity index (χ1n) is 13.1. The monoisotopic (exact) mass is 622 g/mol. The summed E-state index contributed by atoms with van der Waals surface area (Å²) in [7, 11) is -4.23. The number of rotatable bonds is 11. The lowest BCUT2D eigenvalue weighted by Gasteiger charge is -2.28. The molecule has 0 radical (unpaired) electrons. The fourth-order valence-corrected chi connectivity index (χ4v) is 7.63. The molecule has 2 aromatic heterocycles. The van der Waals surface area contributed by atoms with Crippen molar-refractivity contribution in [3.05, 3.63) is 118 Å². The Balaban J connectivity index is 1.67. The summed E-state index contributed by atoms with van der Waals surface area (Å²) in [6.07, 6.45) is 0. The van der Waals surface area contributed by atoms with Gasteiger partial charge in [0, 0.05) is 5.56 Å².